The molecule has 0 bridgehead atoms. The first kappa shape index (κ1) is 11.7. The summed E-state index contributed by atoms with van der Waals surface area (Å²) in [4.78, 5) is 0. The first-order valence-electron chi connectivity index (χ1n) is 6.66. The van der Waals surface area contributed by atoms with Gasteiger partial charge in [-0.25, -0.2) is 0 Å². The Morgan fingerprint density at radius 2 is 1.75 bits per heavy atom. The van der Waals surface area contributed by atoms with Crippen LogP contribution in [0.4, 0.5) is 0 Å². The SMILES string of the molecule is N[C@H](CCc1ccccc1)C1CCCCC1. The largest absolute Gasteiger partial charge is 0.327 e. The summed E-state index contributed by atoms with van der Waals surface area (Å²) < 4.78 is 0. The Kier molecular flexibility index (Phi) is 4.41. The maximum absolute atomic E-state index is 6.30. The van der Waals surface area contributed by atoms with Crippen LogP contribution >= 0.6 is 0 Å². The maximum Gasteiger partial charge on any atom is 0.00703 e. The van der Waals surface area contributed by atoms with Crippen LogP contribution in [0.3, 0.4) is 0 Å². The van der Waals surface area contributed by atoms with Crippen LogP contribution in [0.25, 0.3) is 0 Å². The Morgan fingerprint density at radius 3 is 2.44 bits per heavy atom. The molecule has 88 valence electrons. The normalized spacial score (nSPS) is 19.6. The Balaban J connectivity index is 1.76. The molecule has 0 aliphatic heterocycles. The van der Waals surface area contributed by atoms with Gasteiger partial charge in [0.05, 0.1) is 0 Å². The van der Waals surface area contributed by atoms with Gasteiger partial charge in [0.1, 0.15) is 0 Å². The monoisotopic (exact) mass is 217 g/mol. The zero-order valence-electron chi connectivity index (χ0n) is 10.1. The van der Waals surface area contributed by atoms with E-state index in [1.54, 1.807) is 0 Å². The van der Waals surface area contributed by atoms with Gasteiger partial charge < -0.3 is 5.73 Å². The summed E-state index contributed by atoms with van der Waals surface area (Å²) in [6, 6.07) is 11.1. The molecular formula is C15H23N. The molecule has 1 aromatic rings. The maximum atomic E-state index is 6.30. The summed E-state index contributed by atoms with van der Waals surface area (Å²) in [6.45, 7) is 0. The topological polar surface area (TPSA) is 26.0 Å². The van der Waals surface area contributed by atoms with Crippen molar-refractivity contribution in [3.05, 3.63) is 35.9 Å². The molecule has 16 heavy (non-hydrogen) atoms. The summed E-state index contributed by atoms with van der Waals surface area (Å²) in [6.07, 6.45) is 9.20. The first-order valence-corrected chi connectivity index (χ1v) is 6.66. The van der Waals surface area contributed by atoms with E-state index in [2.05, 4.69) is 30.3 Å². The van der Waals surface area contributed by atoms with Crippen molar-refractivity contribution in [1.29, 1.82) is 0 Å². The summed E-state index contributed by atoms with van der Waals surface area (Å²) in [7, 11) is 0. The van der Waals surface area contributed by atoms with Gasteiger partial charge in [-0.1, -0.05) is 49.6 Å². The van der Waals surface area contributed by atoms with E-state index in [9.17, 15) is 0 Å². The molecule has 1 fully saturated rings. The molecule has 2 rings (SSSR count). The quantitative estimate of drug-likeness (QED) is 0.820. The Hall–Kier alpha value is -0.820. The molecule has 0 unspecified atom stereocenters. The second kappa shape index (κ2) is 6.05. The molecule has 1 aliphatic rings. The molecule has 1 aromatic carbocycles. The summed E-state index contributed by atoms with van der Waals surface area (Å²) >= 11 is 0. The predicted molar refractivity (Wildman–Crippen MR) is 69.3 cm³/mol. The second-order valence-corrected chi connectivity index (χ2v) is 5.09. The van der Waals surface area contributed by atoms with E-state index in [4.69, 9.17) is 5.73 Å². The van der Waals surface area contributed by atoms with Crippen molar-refractivity contribution in [3.63, 3.8) is 0 Å². The minimum absolute atomic E-state index is 0.417. The summed E-state index contributed by atoms with van der Waals surface area (Å²) in [5.41, 5.74) is 7.72. The highest BCUT2D eigenvalue weighted by atomic mass is 14.6. The van der Waals surface area contributed by atoms with E-state index < -0.39 is 0 Å². The lowest BCUT2D eigenvalue weighted by atomic mass is 9.82. The minimum Gasteiger partial charge on any atom is -0.327 e. The summed E-state index contributed by atoms with van der Waals surface area (Å²) in [5.74, 6) is 0.789. The number of nitrogens with two attached hydrogens (primary N) is 1. The molecule has 0 amide bonds. The molecule has 0 radical (unpaired) electrons. The van der Waals surface area contributed by atoms with Gasteiger partial charge in [-0.15, -0.1) is 0 Å². The molecule has 0 aromatic heterocycles. The van der Waals surface area contributed by atoms with Crippen LogP contribution in [-0.2, 0) is 6.42 Å². The van der Waals surface area contributed by atoms with Gasteiger partial charge in [0.15, 0.2) is 0 Å². The minimum atomic E-state index is 0.417. The molecule has 1 saturated carbocycles. The van der Waals surface area contributed by atoms with E-state index in [0.29, 0.717) is 6.04 Å². The predicted octanol–water partition coefficient (Wildman–Crippen LogP) is 3.53. The van der Waals surface area contributed by atoms with Crippen molar-refractivity contribution in [2.45, 2.75) is 51.0 Å². The van der Waals surface area contributed by atoms with E-state index >= 15 is 0 Å². The zero-order chi connectivity index (χ0) is 11.2. The number of benzene rings is 1. The van der Waals surface area contributed by atoms with Crippen LogP contribution in [-0.4, -0.2) is 6.04 Å². The molecular weight excluding hydrogens is 194 g/mol. The molecule has 1 nitrogen and oxygen atoms in total. The van der Waals surface area contributed by atoms with Crippen molar-refractivity contribution >= 4 is 0 Å². The van der Waals surface area contributed by atoms with Gasteiger partial charge in [0, 0.05) is 6.04 Å². The van der Waals surface area contributed by atoms with Gasteiger partial charge in [-0.3, -0.25) is 0 Å². The average Bonchev–Trinajstić information content (AvgIpc) is 2.38. The van der Waals surface area contributed by atoms with Crippen molar-refractivity contribution < 1.29 is 0 Å². The third kappa shape index (κ3) is 3.34. The van der Waals surface area contributed by atoms with Crippen LogP contribution < -0.4 is 5.73 Å². The van der Waals surface area contributed by atoms with Gasteiger partial charge >= 0.3 is 0 Å². The van der Waals surface area contributed by atoms with E-state index in [0.717, 1.165) is 18.8 Å². The molecule has 1 heteroatoms. The second-order valence-electron chi connectivity index (χ2n) is 5.09. The highest BCUT2D eigenvalue weighted by Crippen LogP contribution is 2.27. The van der Waals surface area contributed by atoms with Crippen LogP contribution in [0.2, 0.25) is 0 Å². The van der Waals surface area contributed by atoms with Crippen molar-refractivity contribution in [2.24, 2.45) is 11.7 Å². The number of hydrogen-bond donors (Lipinski definition) is 1. The number of rotatable bonds is 4. The Morgan fingerprint density at radius 1 is 1.06 bits per heavy atom. The molecule has 0 saturated heterocycles. The highest BCUT2D eigenvalue weighted by molar-refractivity contribution is 5.14. The van der Waals surface area contributed by atoms with Crippen molar-refractivity contribution in [1.82, 2.24) is 0 Å². The molecule has 2 N–H and O–H groups in total. The fourth-order valence-corrected chi connectivity index (χ4v) is 2.78. The smallest absolute Gasteiger partial charge is 0.00703 e. The Labute approximate surface area is 99.0 Å². The highest BCUT2D eigenvalue weighted by Gasteiger charge is 2.19. The first-order chi connectivity index (χ1) is 7.86. The van der Waals surface area contributed by atoms with Crippen LogP contribution in [0.1, 0.15) is 44.1 Å². The standard InChI is InChI=1S/C15H23N/c16-15(14-9-5-2-6-10-14)12-11-13-7-3-1-4-8-13/h1,3-4,7-8,14-15H,2,5-6,9-12,16H2/t15-/m1/s1. The van der Waals surface area contributed by atoms with Gasteiger partial charge in [-0.2, -0.15) is 0 Å². The van der Waals surface area contributed by atoms with E-state index in [-0.39, 0.29) is 0 Å². The van der Waals surface area contributed by atoms with Gasteiger partial charge in [0.2, 0.25) is 0 Å². The van der Waals surface area contributed by atoms with Crippen LogP contribution in [0.15, 0.2) is 30.3 Å². The van der Waals surface area contributed by atoms with Gasteiger partial charge in [-0.05, 0) is 37.2 Å². The number of aryl methyl sites for hydroxylation is 1. The molecule has 1 atom stereocenters. The van der Waals surface area contributed by atoms with E-state index in [1.807, 2.05) is 0 Å². The van der Waals surface area contributed by atoms with Crippen molar-refractivity contribution in [2.75, 3.05) is 0 Å². The van der Waals surface area contributed by atoms with Crippen molar-refractivity contribution in [3.8, 4) is 0 Å². The lowest BCUT2D eigenvalue weighted by molar-refractivity contribution is 0.295. The third-order valence-corrected chi connectivity index (χ3v) is 3.86. The van der Waals surface area contributed by atoms with Gasteiger partial charge in [0.25, 0.3) is 0 Å². The summed E-state index contributed by atoms with van der Waals surface area (Å²) in [5, 5.41) is 0. The molecule has 0 heterocycles. The fraction of sp³-hybridized carbons (Fsp3) is 0.600. The fourth-order valence-electron chi connectivity index (χ4n) is 2.78. The van der Waals surface area contributed by atoms with Crippen LogP contribution in [0.5, 0.6) is 0 Å². The number of hydrogen-bond acceptors (Lipinski definition) is 1. The lowest BCUT2D eigenvalue weighted by Crippen LogP contribution is -2.32. The average molecular weight is 217 g/mol. The molecule has 1 aliphatic carbocycles. The third-order valence-electron chi connectivity index (χ3n) is 3.86. The molecule has 0 spiro atoms. The van der Waals surface area contributed by atoms with Crippen LogP contribution in [0, 0.1) is 5.92 Å². The Bertz CT molecular complexity index is 288. The zero-order valence-corrected chi connectivity index (χ0v) is 10.1. The van der Waals surface area contributed by atoms with E-state index in [1.165, 1.54) is 37.7 Å². The lowest BCUT2D eigenvalue weighted by Gasteiger charge is -2.27.